The molecule has 0 bridgehead atoms. The van der Waals surface area contributed by atoms with Crippen molar-refractivity contribution < 1.29 is 4.68 Å². The van der Waals surface area contributed by atoms with Crippen molar-refractivity contribution in [1.29, 1.82) is 0 Å². The zero-order valence-corrected chi connectivity index (χ0v) is 7.18. The molecule has 2 heteroatoms. The highest BCUT2D eigenvalue weighted by Crippen LogP contribution is 2.01. The van der Waals surface area contributed by atoms with Crippen molar-refractivity contribution in [3.05, 3.63) is 17.5 Å². The van der Waals surface area contributed by atoms with Gasteiger partial charge in [-0.25, -0.2) is 0 Å². The smallest absolute Gasteiger partial charge is 0.158 e. The van der Waals surface area contributed by atoms with Crippen LogP contribution in [0.5, 0.6) is 0 Å². The molecular weight excluding hydrogens is 124 g/mol. The zero-order chi connectivity index (χ0) is 7.72. The minimum Gasteiger partial charge on any atom is -0.158 e. The highest BCUT2D eigenvalue weighted by molar-refractivity contribution is 5.09. The Morgan fingerprint density at radius 3 is 2.30 bits per heavy atom. The lowest BCUT2D eigenvalue weighted by Crippen LogP contribution is -2.38. The number of aryl methyl sites for hydroxylation is 2. The van der Waals surface area contributed by atoms with Gasteiger partial charge in [-0.15, -0.1) is 4.68 Å². The van der Waals surface area contributed by atoms with Crippen LogP contribution in [-0.4, -0.2) is 4.68 Å². The average molecular weight is 139 g/mol. The Balaban J connectivity index is 3.20. The summed E-state index contributed by atoms with van der Waals surface area (Å²) in [7, 11) is 2.07. The summed E-state index contributed by atoms with van der Waals surface area (Å²) in [5, 5.41) is 0. The third-order valence-corrected chi connectivity index (χ3v) is 2.02. The number of hydrogen-bond donors (Lipinski definition) is 0. The summed E-state index contributed by atoms with van der Waals surface area (Å²) < 4.78 is 4.38. The van der Waals surface area contributed by atoms with Crippen LogP contribution in [0, 0.1) is 13.8 Å². The first kappa shape index (κ1) is 7.32. The van der Waals surface area contributed by atoms with Crippen LogP contribution >= 0.6 is 0 Å². The van der Waals surface area contributed by atoms with E-state index in [-0.39, 0.29) is 0 Å². The number of nitrogens with zero attached hydrogens (tertiary/aromatic N) is 2. The van der Waals surface area contributed by atoms with E-state index in [1.807, 2.05) is 0 Å². The largest absolute Gasteiger partial charge is 0.198 e. The zero-order valence-electron chi connectivity index (χ0n) is 7.18. The van der Waals surface area contributed by atoms with E-state index in [4.69, 9.17) is 0 Å². The highest BCUT2D eigenvalue weighted by Gasteiger charge is 2.08. The molecule has 0 fully saturated rings. The molecule has 1 aromatic rings. The second kappa shape index (κ2) is 2.45. The van der Waals surface area contributed by atoms with E-state index in [0.29, 0.717) is 0 Å². The van der Waals surface area contributed by atoms with Crippen LogP contribution in [0.3, 0.4) is 0 Å². The molecule has 0 spiro atoms. The summed E-state index contributed by atoms with van der Waals surface area (Å²) >= 11 is 0. The topological polar surface area (TPSA) is 8.81 Å². The molecular formula is C8H15N2+. The molecule has 0 amide bonds. The summed E-state index contributed by atoms with van der Waals surface area (Å²) in [4.78, 5) is 0. The van der Waals surface area contributed by atoms with E-state index in [2.05, 4.69) is 43.4 Å². The third kappa shape index (κ3) is 0.939. The Morgan fingerprint density at radius 1 is 1.50 bits per heavy atom. The minimum absolute atomic E-state index is 1.05. The van der Waals surface area contributed by atoms with Crippen molar-refractivity contribution in [3.63, 3.8) is 0 Å². The lowest BCUT2D eigenvalue weighted by atomic mass is 10.3. The van der Waals surface area contributed by atoms with Crippen molar-refractivity contribution >= 4 is 0 Å². The maximum absolute atomic E-state index is 2.25. The van der Waals surface area contributed by atoms with Crippen LogP contribution in [0.15, 0.2) is 6.20 Å². The van der Waals surface area contributed by atoms with E-state index in [1.54, 1.807) is 0 Å². The number of hydrogen-bond acceptors (Lipinski definition) is 0. The first-order valence-electron chi connectivity index (χ1n) is 3.69. The predicted molar refractivity (Wildman–Crippen MR) is 40.8 cm³/mol. The molecule has 0 N–H and O–H groups in total. The Bertz CT molecular complexity index is 236. The van der Waals surface area contributed by atoms with Gasteiger partial charge in [0.15, 0.2) is 13.2 Å². The van der Waals surface area contributed by atoms with Crippen molar-refractivity contribution in [3.8, 4) is 0 Å². The molecule has 0 atom stereocenters. The van der Waals surface area contributed by atoms with Gasteiger partial charge in [0, 0.05) is 5.56 Å². The summed E-state index contributed by atoms with van der Waals surface area (Å²) in [6, 6.07) is 0. The van der Waals surface area contributed by atoms with E-state index in [1.165, 1.54) is 11.3 Å². The number of rotatable bonds is 1. The Labute approximate surface area is 62.1 Å². The summed E-state index contributed by atoms with van der Waals surface area (Å²) in [5.41, 5.74) is 2.73. The summed E-state index contributed by atoms with van der Waals surface area (Å²) in [5.74, 6) is 0. The van der Waals surface area contributed by atoms with Gasteiger partial charge in [-0.05, 0) is 20.8 Å². The molecule has 0 radical (unpaired) electrons. The predicted octanol–water partition coefficient (Wildman–Crippen LogP) is 0.949. The van der Waals surface area contributed by atoms with E-state index >= 15 is 0 Å². The summed E-state index contributed by atoms with van der Waals surface area (Å²) in [6.45, 7) is 7.50. The van der Waals surface area contributed by atoms with Crippen LogP contribution in [0.4, 0.5) is 0 Å². The Kier molecular flexibility index (Phi) is 1.79. The van der Waals surface area contributed by atoms with Gasteiger partial charge in [0.1, 0.15) is 0 Å². The monoisotopic (exact) mass is 139 g/mol. The van der Waals surface area contributed by atoms with Crippen LogP contribution in [0.25, 0.3) is 0 Å². The second-order valence-electron chi connectivity index (χ2n) is 2.69. The van der Waals surface area contributed by atoms with Crippen molar-refractivity contribution in [2.24, 2.45) is 7.05 Å². The normalized spacial score (nSPS) is 10.4. The van der Waals surface area contributed by atoms with E-state index in [9.17, 15) is 0 Å². The highest BCUT2D eigenvalue weighted by atomic mass is 15.4. The van der Waals surface area contributed by atoms with E-state index in [0.717, 1.165) is 6.54 Å². The van der Waals surface area contributed by atoms with Crippen LogP contribution in [-0.2, 0) is 13.6 Å². The SMILES string of the molecule is CCn1c(C)c(C)c[n+]1C. The van der Waals surface area contributed by atoms with Gasteiger partial charge < -0.3 is 0 Å². The van der Waals surface area contributed by atoms with Gasteiger partial charge in [0.25, 0.3) is 0 Å². The molecule has 1 heterocycles. The fraction of sp³-hybridized carbons (Fsp3) is 0.625. The molecule has 10 heavy (non-hydrogen) atoms. The molecule has 0 aliphatic carbocycles. The lowest BCUT2D eigenvalue weighted by molar-refractivity contribution is -0.753. The standard InChI is InChI=1S/C8H15N2/c1-5-10-8(3)7(2)6-9(10)4/h6H,5H2,1-4H3/q+1. The molecule has 1 aromatic heterocycles. The first-order chi connectivity index (χ1) is 4.66. The van der Waals surface area contributed by atoms with Gasteiger partial charge in [-0.2, -0.15) is 4.68 Å². The maximum atomic E-state index is 2.25. The van der Waals surface area contributed by atoms with Crippen molar-refractivity contribution in [1.82, 2.24) is 4.68 Å². The molecule has 0 saturated carbocycles. The van der Waals surface area contributed by atoms with Crippen molar-refractivity contribution in [2.45, 2.75) is 27.3 Å². The van der Waals surface area contributed by atoms with Crippen LogP contribution < -0.4 is 4.68 Å². The van der Waals surface area contributed by atoms with Crippen LogP contribution in [0.2, 0.25) is 0 Å². The minimum atomic E-state index is 1.05. The molecule has 2 nitrogen and oxygen atoms in total. The first-order valence-corrected chi connectivity index (χ1v) is 3.69. The van der Waals surface area contributed by atoms with Gasteiger partial charge in [-0.3, -0.25) is 0 Å². The Hall–Kier alpha value is -0.790. The van der Waals surface area contributed by atoms with Crippen molar-refractivity contribution in [2.75, 3.05) is 0 Å². The summed E-state index contributed by atoms with van der Waals surface area (Å²) in [6.07, 6.45) is 2.15. The maximum Gasteiger partial charge on any atom is 0.198 e. The average Bonchev–Trinajstić information content (AvgIpc) is 2.09. The Morgan fingerprint density at radius 2 is 2.10 bits per heavy atom. The molecule has 0 aliphatic rings. The second-order valence-corrected chi connectivity index (χ2v) is 2.69. The molecule has 0 aromatic carbocycles. The molecule has 0 unspecified atom stereocenters. The fourth-order valence-corrected chi connectivity index (χ4v) is 1.34. The van der Waals surface area contributed by atoms with Gasteiger partial charge >= 0.3 is 0 Å². The molecule has 0 aliphatic heterocycles. The molecule has 0 saturated heterocycles. The molecule has 56 valence electrons. The fourth-order valence-electron chi connectivity index (χ4n) is 1.34. The molecule has 1 rings (SSSR count). The van der Waals surface area contributed by atoms with Gasteiger partial charge in [0.2, 0.25) is 0 Å². The third-order valence-electron chi connectivity index (χ3n) is 2.02. The van der Waals surface area contributed by atoms with Crippen LogP contribution in [0.1, 0.15) is 18.2 Å². The lowest BCUT2D eigenvalue weighted by Gasteiger charge is -1.95. The van der Waals surface area contributed by atoms with Gasteiger partial charge in [-0.1, -0.05) is 0 Å². The number of aromatic nitrogens is 2. The van der Waals surface area contributed by atoms with E-state index < -0.39 is 0 Å². The quantitative estimate of drug-likeness (QED) is 0.512. The van der Waals surface area contributed by atoms with Gasteiger partial charge in [0.05, 0.1) is 12.2 Å².